The maximum atomic E-state index is 12.4. The monoisotopic (exact) mass is 457 g/mol. The number of hydrogen-bond acceptors (Lipinski definition) is 8. The molecule has 0 radical (unpaired) electrons. The number of benzene rings is 2. The first kappa shape index (κ1) is 20.6. The molecule has 0 fully saturated rings. The van der Waals surface area contributed by atoms with Gasteiger partial charge in [-0.2, -0.15) is 0 Å². The molecule has 4 aromatic rings. The number of carbonyl (C=O) groups is 1. The molecule has 4 rings (SSSR count). The summed E-state index contributed by atoms with van der Waals surface area (Å²) < 4.78 is 12.6. The summed E-state index contributed by atoms with van der Waals surface area (Å²) in [4.78, 5) is 21.4. The van der Waals surface area contributed by atoms with Crippen LogP contribution in [0.25, 0.3) is 10.2 Å². The van der Waals surface area contributed by atoms with E-state index >= 15 is 0 Å². The predicted molar refractivity (Wildman–Crippen MR) is 123 cm³/mol. The van der Waals surface area contributed by atoms with Gasteiger partial charge >= 0.3 is 0 Å². The van der Waals surface area contributed by atoms with E-state index in [9.17, 15) is 4.79 Å². The molecular formula is C21H19N3O3S3. The summed E-state index contributed by atoms with van der Waals surface area (Å²) in [6, 6.07) is 13.6. The molecule has 0 saturated heterocycles. The molecule has 0 aliphatic heterocycles. The van der Waals surface area contributed by atoms with Gasteiger partial charge in [-0.25, -0.2) is 9.97 Å². The Bertz CT molecular complexity index is 1120. The molecule has 0 atom stereocenters. The molecule has 0 bridgehead atoms. The summed E-state index contributed by atoms with van der Waals surface area (Å²) in [5.74, 6) is 2.14. The van der Waals surface area contributed by atoms with E-state index in [1.165, 1.54) is 22.7 Å². The van der Waals surface area contributed by atoms with E-state index < -0.39 is 0 Å². The molecule has 1 N–H and O–H groups in total. The van der Waals surface area contributed by atoms with E-state index in [1.54, 1.807) is 26.0 Å². The molecule has 0 aliphatic carbocycles. The van der Waals surface area contributed by atoms with Crippen molar-refractivity contribution >= 4 is 55.7 Å². The summed E-state index contributed by atoms with van der Waals surface area (Å²) in [5, 5.41) is 5.40. The highest BCUT2D eigenvalue weighted by Gasteiger charge is 2.12. The number of amides is 1. The molecule has 9 heteroatoms. The Kier molecular flexibility index (Phi) is 6.51. The Hall–Kier alpha value is -2.62. The Morgan fingerprint density at radius 3 is 2.60 bits per heavy atom. The lowest BCUT2D eigenvalue weighted by atomic mass is 10.2. The zero-order chi connectivity index (χ0) is 20.9. The number of hydrogen-bond donors (Lipinski definition) is 1. The van der Waals surface area contributed by atoms with Crippen molar-refractivity contribution in [2.24, 2.45) is 0 Å². The van der Waals surface area contributed by atoms with Crippen molar-refractivity contribution in [3.8, 4) is 11.5 Å². The number of nitrogens with one attached hydrogen (secondary N) is 1. The molecule has 0 spiro atoms. The first-order valence-corrected chi connectivity index (χ1v) is 11.8. The lowest BCUT2D eigenvalue weighted by Gasteiger charge is -2.07. The molecule has 6 nitrogen and oxygen atoms in total. The normalized spacial score (nSPS) is 10.9. The van der Waals surface area contributed by atoms with Gasteiger partial charge in [-0.1, -0.05) is 35.2 Å². The second-order valence-corrected chi connectivity index (χ2v) is 9.44. The van der Waals surface area contributed by atoms with Crippen molar-refractivity contribution < 1.29 is 14.3 Å². The van der Waals surface area contributed by atoms with Gasteiger partial charge in [0.05, 0.1) is 36.6 Å². The number of thiazole rings is 2. The number of ether oxygens (including phenoxy) is 2. The number of carbonyl (C=O) groups excluding carboxylic acids is 1. The van der Waals surface area contributed by atoms with Gasteiger partial charge in [0.15, 0.2) is 5.13 Å². The molecule has 0 unspecified atom stereocenters. The van der Waals surface area contributed by atoms with Gasteiger partial charge in [0, 0.05) is 17.2 Å². The lowest BCUT2D eigenvalue weighted by Crippen LogP contribution is -2.14. The Labute approximate surface area is 186 Å². The van der Waals surface area contributed by atoms with Gasteiger partial charge in [-0.3, -0.25) is 4.79 Å². The van der Waals surface area contributed by atoms with Crippen LogP contribution in [0.5, 0.6) is 11.5 Å². The largest absolute Gasteiger partial charge is 0.497 e. The minimum Gasteiger partial charge on any atom is -0.497 e. The second kappa shape index (κ2) is 9.46. The fourth-order valence-corrected chi connectivity index (χ4v) is 5.44. The van der Waals surface area contributed by atoms with E-state index in [-0.39, 0.29) is 12.3 Å². The standard InChI is InChI=1S/C21H19N3O3S3/c1-26-15-7-13(8-16(10-15)27-2)11-28-21-22-14(12-29-21)9-19(25)24-20-23-17-5-3-4-6-18(17)30-20/h3-8,10,12H,9,11H2,1-2H3,(H,23,24,25). The minimum atomic E-state index is -0.117. The number of methoxy groups -OCH3 is 2. The third kappa shape index (κ3) is 5.10. The molecule has 2 aromatic carbocycles. The summed E-state index contributed by atoms with van der Waals surface area (Å²) in [5.41, 5.74) is 2.73. The van der Waals surface area contributed by atoms with Crippen LogP contribution in [0.1, 0.15) is 11.3 Å². The van der Waals surface area contributed by atoms with Crippen LogP contribution in [0.3, 0.4) is 0 Å². The van der Waals surface area contributed by atoms with Crippen LogP contribution in [0.4, 0.5) is 5.13 Å². The molecule has 1 amide bonds. The molecular weight excluding hydrogens is 438 g/mol. The fourth-order valence-electron chi connectivity index (χ4n) is 2.78. The Morgan fingerprint density at radius 2 is 1.87 bits per heavy atom. The van der Waals surface area contributed by atoms with Crippen molar-refractivity contribution in [3.63, 3.8) is 0 Å². The van der Waals surface area contributed by atoms with Crippen molar-refractivity contribution in [3.05, 3.63) is 59.1 Å². The van der Waals surface area contributed by atoms with Crippen LogP contribution in [0.2, 0.25) is 0 Å². The Morgan fingerprint density at radius 1 is 1.10 bits per heavy atom. The highest BCUT2D eigenvalue weighted by atomic mass is 32.2. The van der Waals surface area contributed by atoms with Gasteiger partial charge in [-0.15, -0.1) is 11.3 Å². The topological polar surface area (TPSA) is 73.3 Å². The van der Waals surface area contributed by atoms with E-state index in [1.807, 2.05) is 47.8 Å². The van der Waals surface area contributed by atoms with E-state index in [0.29, 0.717) is 5.13 Å². The molecule has 30 heavy (non-hydrogen) atoms. The summed E-state index contributed by atoms with van der Waals surface area (Å²) in [7, 11) is 3.27. The van der Waals surface area contributed by atoms with E-state index in [4.69, 9.17) is 9.47 Å². The number of anilines is 1. The van der Waals surface area contributed by atoms with Crippen molar-refractivity contribution in [1.82, 2.24) is 9.97 Å². The summed E-state index contributed by atoms with van der Waals surface area (Å²) in [6.45, 7) is 0. The molecule has 0 aliphatic rings. The first-order valence-electron chi connectivity index (χ1n) is 9.07. The average molecular weight is 458 g/mol. The quantitative estimate of drug-likeness (QED) is 0.365. The van der Waals surface area contributed by atoms with E-state index in [0.717, 1.165) is 43.1 Å². The number of thioether (sulfide) groups is 1. The SMILES string of the molecule is COc1cc(CSc2nc(CC(=O)Nc3nc4ccccc4s3)cs2)cc(OC)c1. The van der Waals surface area contributed by atoms with Crippen molar-refractivity contribution in [2.75, 3.05) is 19.5 Å². The molecule has 2 heterocycles. The number of fused-ring (bicyclic) bond motifs is 1. The fraction of sp³-hybridized carbons (Fsp3) is 0.190. The molecule has 154 valence electrons. The smallest absolute Gasteiger partial charge is 0.232 e. The maximum Gasteiger partial charge on any atom is 0.232 e. The van der Waals surface area contributed by atoms with Crippen LogP contribution >= 0.6 is 34.4 Å². The highest BCUT2D eigenvalue weighted by molar-refractivity contribution is 8.00. The number of aromatic nitrogens is 2. The van der Waals surface area contributed by atoms with Gasteiger partial charge < -0.3 is 14.8 Å². The third-order valence-corrected chi connectivity index (χ3v) is 7.28. The number of para-hydroxylation sites is 1. The first-order chi connectivity index (χ1) is 14.6. The zero-order valence-corrected chi connectivity index (χ0v) is 18.8. The number of nitrogens with zero attached hydrogens (tertiary/aromatic N) is 2. The Balaban J connectivity index is 1.34. The third-order valence-electron chi connectivity index (χ3n) is 4.19. The molecule has 0 saturated carbocycles. The minimum absolute atomic E-state index is 0.117. The number of rotatable bonds is 8. The van der Waals surface area contributed by atoms with E-state index in [2.05, 4.69) is 15.3 Å². The van der Waals surface area contributed by atoms with Gasteiger partial charge in [-0.05, 0) is 29.8 Å². The lowest BCUT2D eigenvalue weighted by molar-refractivity contribution is -0.115. The van der Waals surface area contributed by atoms with Crippen LogP contribution in [-0.2, 0) is 17.0 Å². The predicted octanol–water partition coefficient (Wildman–Crippen LogP) is 5.24. The zero-order valence-electron chi connectivity index (χ0n) is 16.4. The van der Waals surface area contributed by atoms with Gasteiger partial charge in [0.2, 0.25) is 5.91 Å². The van der Waals surface area contributed by atoms with Crippen molar-refractivity contribution in [2.45, 2.75) is 16.5 Å². The van der Waals surface area contributed by atoms with Crippen LogP contribution < -0.4 is 14.8 Å². The second-order valence-electron chi connectivity index (χ2n) is 6.33. The van der Waals surface area contributed by atoms with Crippen LogP contribution in [0.15, 0.2) is 52.2 Å². The maximum absolute atomic E-state index is 12.4. The van der Waals surface area contributed by atoms with Crippen LogP contribution in [-0.4, -0.2) is 30.1 Å². The summed E-state index contributed by atoms with van der Waals surface area (Å²) >= 11 is 4.63. The highest BCUT2D eigenvalue weighted by Crippen LogP contribution is 2.30. The summed E-state index contributed by atoms with van der Waals surface area (Å²) in [6.07, 6.45) is 0.222. The van der Waals surface area contributed by atoms with Gasteiger partial charge in [0.1, 0.15) is 15.8 Å². The molecule has 2 aromatic heterocycles. The van der Waals surface area contributed by atoms with Crippen LogP contribution in [0, 0.1) is 0 Å². The average Bonchev–Trinajstić information content (AvgIpc) is 3.37. The van der Waals surface area contributed by atoms with Crippen molar-refractivity contribution in [1.29, 1.82) is 0 Å². The van der Waals surface area contributed by atoms with Gasteiger partial charge in [0.25, 0.3) is 0 Å².